The lowest BCUT2D eigenvalue weighted by atomic mass is 9.63. The second-order valence-corrected chi connectivity index (χ2v) is 4.51. The molecule has 1 aliphatic rings. The van der Waals surface area contributed by atoms with Gasteiger partial charge in [0.25, 0.3) is 0 Å². The lowest BCUT2D eigenvalue weighted by Gasteiger charge is -2.43. The van der Waals surface area contributed by atoms with E-state index in [4.69, 9.17) is 5.73 Å². The first kappa shape index (κ1) is 12.2. The summed E-state index contributed by atoms with van der Waals surface area (Å²) in [5.41, 5.74) is 5.66. The van der Waals surface area contributed by atoms with Gasteiger partial charge in [0.15, 0.2) is 0 Å². The van der Waals surface area contributed by atoms with Crippen molar-refractivity contribution in [2.24, 2.45) is 17.1 Å². The van der Waals surface area contributed by atoms with Crippen molar-refractivity contribution in [1.82, 2.24) is 0 Å². The number of hydrogen-bond donors (Lipinski definition) is 1. The Morgan fingerprint density at radius 2 is 2.00 bits per heavy atom. The topological polar surface area (TPSA) is 26.0 Å². The van der Waals surface area contributed by atoms with Gasteiger partial charge in [-0.15, -0.1) is 12.4 Å². The fraction of sp³-hybridized carbons (Fsp3) is 1.00. The average Bonchev–Trinajstić information content (AvgIpc) is 1.83. The second kappa shape index (κ2) is 4.43. The van der Waals surface area contributed by atoms with Crippen LogP contribution in [0, 0.1) is 11.3 Å². The summed E-state index contributed by atoms with van der Waals surface area (Å²) < 4.78 is 12.7. The van der Waals surface area contributed by atoms with E-state index in [0.29, 0.717) is 17.8 Å². The Labute approximate surface area is 80.3 Å². The molecule has 0 aromatic carbocycles. The summed E-state index contributed by atoms with van der Waals surface area (Å²) in [6.45, 7) is 4.66. The Balaban J connectivity index is 0.00000121. The van der Waals surface area contributed by atoms with Crippen molar-refractivity contribution in [3.8, 4) is 0 Å². The predicted molar refractivity (Wildman–Crippen MR) is 52.3 cm³/mol. The first-order valence-electron chi connectivity index (χ1n) is 4.37. The molecule has 0 spiro atoms. The fourth-order valence-electron chi connectivity index (χ4n) is 2.13. The number of nitrogens with two attached hydrogens (primary N) is 1. The van der Waals surface area contributed by atoms with Crippen LogP contribution in [0.5, 0.6) is 0 Å². The van der Waals surface area contributed by atoms with Gasteiger partial charge in [0, 0.05) is 6.54 Å². The molecule has 12 heavy (non-hydrogen) atoms. The van der Waals surface area contributed by atoms with Gasteiger partial charge in [-0.1, -0.05) is 13.8 Å². The summed E-state index contributed by atoms with van der Waals surface area (Å²) >= 11 is 0. The molecule has 0 aromatic rings. The largest absolute Gasteiger partial charge is 0.328 e. The van der Waals surface area contributed by atoms with Gasteiger partial charge < -0.3 is 5.73 Å². The summed E-state index contributed by atoms with van der Waals surface area (Å²) in [4.78, 5) is 0. The van der Waals surface area contributed by atoms with E-state index in [1.54, 1.807) is 0 Å². The molecule has 1 atom stereocenters. The predicted octanol–water partition coefficient (Wildman–Crippen LogP) is 2.53. The number of halogens is 2. The van der Waals surface area contributed by atoms with Gasteiger partial charge in [-0.25, -0.2) is 4.39 Å². The first-order valence-corrected chi connectivity index (χ1v) is 4.37. The van der Waals surface area contributed by atoms with Crippen LogP contribution in [-0.4, -0.2) is 12.7 Å². The minimum Gasteiger partial charge on any atom is -0.328 e. The monoisotopic (exact) mass is 195 g/mol. The van der Waals surface area contributed by atoms with Gasteiger partial charge in [0.1, 0.15) is 6.17 Å². The van der Waals surface area contributed by atoms with Crippen molar-refractivity contribution in [2.45, 2.75) is 39.3 Å². The third-order valence-corrected chi connectivity index (χ3v) is 2.53. The second-order valence-electron chi connectivity index (χ2n) is 4.51. The Kier molecular flexibility index (Phi) is 4.49. The number of hydrogen-bond acceptors (Lipinski definition) is 1. The van der Waals surface area contributed by atoms with Crippen molar-refractivity contribution in [1.29, 1.82) is 0 Å². The summed E-state index contributed by atoms with van der Waals surface area (Å²) in [6, 6.07) is 0. The van der Waals surface area contributed by atoms with Gasteiger partial charge in [0.05, 0.1) is 0 Å². The van der Waals surface area contributed by atoms with Crippen LogP contribution >= 0.6 is 12.4 Å². The molecular formula is C9H19ClFN. The van der Waals surface area contributed by atoms with Crippen molar-refractivity contribution in [3.63, 3.8) is 0 Å². The van der Waals surface area contributed by atoms with Crippen LogP contribution < -0.4 is 5.73 Å². The molecule has 1 nitrogen and oxygen atoms in total. The highest BCUT2D eigenvalue weighted by Crippen LogP contribution is 2.46. The normalized spacial score (nSPS) is 24.0. The zero-order valence-electron chi connectivity index (χ0n) is 7.85. The molecule has 0 aromatic heterocycles. The lowest BCUT2D eigenvalue weighted by Crippen LogP contribution is -2.34. The van der Waals surface area contributed by atoms with Crippen LogP contribution in [0.2, 0.25) is 0 Å². The molecule has 0 radical (unpaired) electrons. The standard InChI is InChI=1S/C9H18FN.ClH/c1-9(2)4-7(5-9)3-8(10)6-11;/h7-8H,3-6,11H2,1-2H3;1H. The molecule has 0 aliphatic heterocycles. The Morgan fingerprint density at radius 1 is 1.50 bits per heavy atom. The molecule has 3 heteroatoms. The quantitative estimate of drug-likeness (QED) is 0.736. The van der Waals surface area contributed by atoms with Gasteiger partial charge >= 0.3 is 0 Å². The smallest absolute Gasteiger partial charge is 0.113 e. The molecule has 74 valence electrons. The lowest BCUT2D eigenvalue weighted by molar-refractivity contribution is 0.0694. The van der Waals surface area contributed by atoms with Crippen LogP contribution in [-0.2, 0) is 0 Å². The van der Waals surface area contributed by atoms with E-state index in [0.717, 1.165) is 0 Å². The summed E-state index contributed by atoms with van der Waals surface area (Å²) in [5, 5.41) is 0. The molecule has 1 saturated carbocycles. The van der Waals surface area contributed by atoms with Crippen LogP contribution in [0.3, 0.4) is 0 Å². The summed E-state index contributed by atoms with van der Waals surface area (Å²) in [5.74, 6) is 0.601. The van der Waals surface area contributed by atoms with Crippen LogP contribution in [0.1, 0.15) is 33.1 Å². The SMILES string of the molecule is CC1(C)CC(CC(F)CN)C1.Cl. The van der Waals surface area contributed by atoms with E-state index in [1.807, 2.05) is 0 Å². The molecule has 0 bridgehead atoms. The summed E-state index contributed by atoms with van der Waals surface area (Å²) in [6.07, 6.45) is 2.26. The Hall–Kier alpha value is 0.180. The molecule has 0 saturated heterocycles. The molecule has 1 unspecified atom stereocenters. The maximum absolute atomic E-state index is 12.7. The van der Waals surface area contributed by atoms with Crippen LogP contribution in [0.4, 0.5) is 4.39 Å². The maximum Gasteiger partial charge on any atom is 0.113 e. The number of alkyl halides is 1. The highest BCUT2D eigenvalue weighted by Gasteiger charge is 2.36. The van der Waals surface area contributed by atoms with Gasteiger partial charge in [0.2, 0.25) is 0 Å². The molecule has 1 fully saturated rings. The Bertz CT molecular complexity index is 130. The van der Waals surface area contributed by atoms with E-state index < -0.39 is 6.17 Å². The minimum absolute atomic E-state index is 0. The third-order valence-electron chi connectivity index (χ3n) is 2.53. The van der Waals surface area contributed by atoms with Crippen molar-refractivity contribution in [2.75, 3.05) is 6.54 Å². The number of rotatable bonds is 3. The van der Waals surface area contributed by atoms with Crippen molar-refractivity contribution >= 4 is 12.4 Å². The van der Waals surface area contributed by atoms with Gasteiger partial charge in [-0.05, 0) is 30.6 Å². The van der Waals surface area contributed by atoms with Crippen LogP contribution in [0.25, 0.3) is 0 Å². The molecule has 0 heterocycles. The first-order chi connectivity index (χ1) is 5.03. The molecule has 1 rings (SSSR count). The Morgan fingerprint density at radius 3 is 2.33 bits per heavy atom. The van der Waals surface area contributed by atoms with E-state index in [1.165, 1.54) is 12.8 Å². The van der Waals surface area contributed by atoms with E-state index in [9.17, 15) is 4.39 Å². The maximum atomic E-state index is 12.7. The zero-order valence-corrected chi connectivity index (χ0v) is 8.66. The molecule has 0 amide bonds. The zero-order chi connectivity index (χ0) is 8.48. The average molecular weight is 196 g/mol. The molecule has 2 N–H and O–H groups in total. The van der Waals surface area contributed by atoms with E-state index in [2.05, 4.69) is 13.8 Å². The van der Waals surface area contributed by atoms with Crippen LogP contribution in [0.15, 0.2) is 0 Å². The van der Waals surface area contributed by atoms with Crippen molar-refractivity contribution < 1.29 is 4.39 Å². The van der Waals surface area contributed by atoms with Gasteiger partial charge in [-0.2, -0.15) is 0 Å². The third kappa shape index (κ3) is 3.28. The summed E-state index contributed by atoms with van der Waals surface area (Å²) in [7, 11) is 0. The van der Waals surface area contributed by atoms with Crippen molar-refractivity contribution in [3.05, 3.63) is 0 Å². The van der Waals surface area contributed by atoms with Gasteiger partial charge in [-0.3, -0.25) is 0 Å². The molecule has 1 aliphatic carbocycles. The highest BCUT2D eigenvalue weighted by atomic mass is 35.5. The fourth-order valence-corrected chi connectivity index (χ4v) is 2.13. The highest BCUT2D eigenvalue weighted by molar-refractivity contribution is 5.85. The van der Waals surface area contributed by atoms with E-state index >= 15 is 0 Å². The minimum atomic E-state index is -0.768. The van der Waals surface area contributed by atoms with E-state index in [-0.39, 0.29) is 19.0 Å². The molecular weight excluding hydrogens is 177 g/mol.